The average molecular weight is 277 g/mol. The topological polar surface area (TPSA) is 75.6 Å². The maximum Gasteiger partial charge on any atom is 0.319 e. The Bertz CT molecular complexity index is 508. The van der Waals surface area contributed by atoms with E-state index in [0.717, 1.165) is 11.1 Å². The van der Waals surface area contributed by atoms with Gasteiger partial charge in [-0.25, -0.2) is 0 Å². The second kappa shape index (κ2) is 6.05. The minimum absolute atomic E-state index is 0.330. The van der Waals surface area contributed by atoms with Crippen LogP contribution in [0.15, 0.2) is 24.3 Å². The maximum absolute atomic E-state index is 11.9. The highest BCUT2D eigenvalue weighted by Crippen LogP contribution is 2.46. The van der Waals surface area contributed by atoms with Crippen LogP contribution in [-0.2, 0) is 27.5 Å². The van der Waals surface area contributed by atoms with Gasteiger partial charge in [0, 0.05) is 13.2 Å². The Morgan fingerprint density at radius 2 is 1.95 bits per heavy atom. The number of hydrogen-bond acceptors (Lipinski definition) is 3. The fourth-order valence-electron chi connectivity index (χ4n) is 2.09. The van der Waals surface area contributed by atoms with E-state index in [1.54, 1.807) is 0 Å². The summed E-state index contributed by atoms with van der Waals surface area (Å²) < 4.78 is 5.38. The van der Waals surface area contributed by atoms with Gasteiger partial charge in [-0.15, -0.1) is 0 Å². The van der Waals surface area contributed by atoms with Gasteiger partial charge >= 0.3 is 5.97 Å². The fraction of sp³-hybridized carbons (Fsp3) is 0.467. The molecule has 1 fully saturated rings. The van der Waals surface area contributed by atoms with Crippen molar-refractivity contribution in [3.05, 3.63) is 35.4 Å². The first-order valence-corrected chi connectivity index (χ1v) is 6.76. The van der Waals surface area contributed by atoms with E-state index in [-0.39, 0.29) is 0 Å². The van der Waals surface area contributed by atoms with E-state index < -0.39 is 17.3 Å². The van der Waals surface area contributed by atoms with Crippen molar-refractivity contribution >= 4 is 11.9 Å². The Labute approximate surface area is 117 Å². The fourth-order valence-corrected chi connectivity index (χ4v) is 2.09. The molecule has 0 bridgehead atoms. The van der Waals surface area contributed by atoms with Crippen molar-refractivity contribution in [1.29, 1.82) is 0 Å². The number of hydrogen-bond donors (Lipinski definition) is 2. The molecule has 2 N–H and O–H groups in total. The van der Waals surface area contributed by atoms with E-state index in [1.165, 1.54) is 0 Å². The number of benzene rings is 1. The molecule has 0 aromatic heterocycles. The molecule has 5 nitrogen and oxygen atoms in total. The van der Waals surface area contributed by atoms with Gasteiger partial charge in [0.2, 0.25) is 5.91 Å². The zero-order chi connectivity index (χ0) is 14.6. The Hall–Kier alpha value is -1.88. The Balaban J connectivity index is 1.97. The van der Waals surface area contributed by atoms with E-state index in [2.05, 4.69) is 5.32 Å². The Morgan fingerprint density at radius 1 is 1.30 bits per heavy atom. The lowest BCUT2D eigenvalue weighted by Crippen LogP contribution is -2.36. The van der Waals surface area contributed by atoms with Gasteiger partial charge in [-0.2, -0.15) is 0 Å². The van der Waals surface area contributed by atoms with E-state index in [9.17, 15) is 9.59 Å². The molecule has 0 spiro atoms. The Kier molecular flexibility index (Phi) is 4.39. The van der Waals surface area contributed by atoms with Crippen molar-refractivity contribution in [2.45, 2.75) is 32.9 Å². The predicted octanol–water partition coefficient (Wildman–Crippen LogP) is 1.70. The number of rotatable bonds is 7. The van der Waals surface area contributed by atoms with E-state index >= 15 is 0 Å². The molecule has 2 rings (SSSR count). The van der Waals surface area contributed by atoms with Crippen molar-refractivity contribution in [1.82, 2.24) is 5.32 Å². The van der Waals surface area contributed by atoms with Crippen LogP contribution in [0.3, 0.4) is 0 Å². The minimum Gasteiger partial charge on any atom is -0.480 e. The summed E-state index contributed by atoms with van der Waals surface area (Å²) in [7, 11) is 0. The number of carbonyl (C=O) groups is 2. The number of carboxylic acids is 1. The summed E-state index contributed by atoms with van der Waals surface area (Å²) in [6, 6.07) is 7.66. The third-order valence-corrected chi connectivity index (χ3v) is 3.61. The number of aliphatic carboxylic acids is 1. The lowest BCUT2D eigenvalue weighted by atomic mass is 10.1. The highest BCUT2D eigenvalue weighted by molar-refractivity contribution is 6.04. The molecule has 0 saturated heterocycles. The first kappa shape index (κ1) is 14.5. The van der Waals surface area contributed by atoms with Crippen LogP contribution in [0.25, 0.3) is 0 Å². The minimum atomic E-state index is -1.19. The maximum atomic E-state index is 11.9. The molecule has 5 heteroatoms. The molecule has 0 atom stereocenters. The summed E-state index contributed by atoms with van der Waals surface area (Å²) in [4.78, 5) is 23.0. The van der Waals surface area contributed by atoms with Gasteiger partial charge in [0.25, 0.3) is 0 Å². The number of carboxylic acid groups (broad SMARTS) is 1. The number of amides is 1. The molecule has 0 unspecified atom stereocenters. The van der Waals surface area contributed by atoms with Gasteiger partial charge in [0.15, 0.2) is 0 Å². The van der Waals surface area contributed by atoms with Crippen LogP contribution < -0.4 is 5.32 Å². The Morgan fingerprint density at radius 3 is 2.50 bits per heavy atom. The smallest absolute Gasteiger partial charge is 0.319 e. The van der Waals surface area contributed by atoms with Crippen LogP contribution in [0.1, 0.15) is 30.9 Å². The summed E-state index contributed by atoms with van der Waals surface area (Å²) in [5.74, 6) is -1.42. The highest BCUT2D eigenvalue weighted by atomic mass is 16.5. The first-order valence-electron chi connectivity index (χ1n) is 6.76. The zero-order valence-electron chi connectivity index (χ0n) is 11.5. The van der Waals surface area contributed by atoms with Crippen molar-refractivity contribution < 1.29 is 19.4 Å². The first-order chi connectivity index (χ1) is 9.60. The van der Waals surface area contributed by atoms with E-state index in [0.29, 0.717) is 32.6 Å². The standard InChI is InChI=1S/C15H19NO4/c1-2-20-10-12-6-4-3-5-11(12)9-16-13(17)15(7-8-15)14(18)19/h3-6H,2,7-10H2,1H3,(H,16,17)(H,18,19). The van der Waals surface area contributed by atoms with Gasteiger partial charge < -0.3 is 15.2 Å². The molecule has 20 heavy (non-hydrogen) atoms. The lowest BCUT2D eigenvalue weighted by Gasteiger charge is -2.13. The van der Waals surface area contributed by atoms with Gasteiger partial charge in [-0.1, -0.05) is 24.3 Å². The third-order valence-electron chi connectivity index (χ3n) is 3.61. The molecular weight excluding hydrogens is 258 g/mol. The van der Waals surface area contributed by atoms with Crippen LogP contribution in [0.5, 0.6) is 0 Å². The third kappa shape index (κ3) is 2.99. The average Bonchev–Trinajstić information content (AvgIpc) is 3.25. The van der Waals surface area contributed by atoms with Crippen molar-refractivity contribution in [2.75, 3.05) is 6.61 Å². The largest absolute Gasteiger partial charge is 0.480 e. The quantitative estimate of drug-likeness (QED) is 0.744. The van der Waals surface area contributed by atoms with Crippen molar-refractivity contribution in [3.63, 3.8) is 0 Å². The van der Waals surface area contributed by atoms with Crippen LogP contribution >= 0.6 is 0 Å². The molecule has 108 valence electrons. The molecule has 1 saturated carbocycles. The van der Waals surface area contributed by atoms with Gasteiger partial charge in [-0.3, -0.25) is 9.59 Å². The second-order valence-electron chi connectivity index (χ2n) is 4.98. The molecule has 0 aliphatic heterocycles. The van der Waals surface area contributed by atoms with E-state index in [4.69, 9.17) is 9.84 Å². The lowest BCUT2D eigenvalue weighted by molar-refractivity contribution is -0.149. The highest BCUT2D eigenvalue weighted by Gasteiger charge is 2.56. The predicted molar refractivity (Wildman–Crippen MR) is 72.9 cm³/mol. The van der Waals surface area contributed by atoms with Crippen LogP contribution in [0.4, 0.5) is 0 Å². The number of ether oxygens (including phenoxy) is 1. The van der Waals surface area contributed by atoms with Crippen LogP contribution in [0, 0.1) is 5.41 Å². The number of nitrogens with one attached hydrogen (secondary N) is 1. The SMILES string of the molecule is CCOCc1ccccc1CNC(=O)C1(C(=O)O)CC1. The molecule has 0 heterocycles. The van der Waals surface area contributed by atoms with Crippen LogP contribution in [0.2, 0.25) is 0 Å². The number of carbonyl (C=O) groups excluding carboxylic acids is 1. The summed E-state index contributed by atoms with van der Waals surface area (Å²) in [6.45, 7) is 3.38. The van der Waals surface area contributed by atoms with Gasteiger partial charge in [-0.05, 0) is 30.9 Å². The summed E-state index contributed by atoms with van der Waals surface area (Å²) in [5.41, 5.74) is 0.778. The monoisotopic (exact) mass is 277 g/mol. The van der Waals surface area contributed by atoms with Crippen molar-refractivity contribution in [3.8, 4) is 0 Å². The van der Waals surface area contributed by atoms with Crippen LogP contribution in [-0.4, -0.2) is 23.6 Å². The molecule has 1 amide bonds. The molecule has 0 radical (unpaired) electrons. The molecular formula is C15H19NO4. The van der Waals surface area contributed by atoms with Crippen molar-refractivity contribution in [2.24, 2.45) is 5.41 Å². The molecule has 1 aliphatic rings. The summed E-state index contributed by atoms with van der Waals surface area (Å²) >= 11 is 0. The molecule has 1 aromatic rings. The van der Waals surface area contributed by atoms with Gasteiger partial charge in [0.1, 0.15) is 5.41 Å². The summed E-state index contributed by atoms with van der Waals surface area (Å²) in [5, 5.41) is 11.8. The normalized spacial score (nSPS) is 15.7. The van der Waals surface area contributed by atoms with Gasteiger partial charge in [0.05, 0.1) is 6.61 Å². The zero-order valence-corrected chi connectivity index (χ0v) is 11.5. The molecule has 1 aromatic carbocycles. The molecule has 1 aliphatic carbocycles. The second-order valence-corrected chi connectivity index (χ2v) is 4.98. The summed E-state index contributed by atoms with van der Waals surface area (Å²) in [6.07, 6.45) is 0.851. The van der Waals surface area contributed by atoms with E-state index in [1.807, 2.05) is 31.2 Å².